The smallest absolute Gasteiger partial charge is 0.341 e. The van der Waals surface area contributed by atoms with Gasteiger partial charge in [-0.2, -0.15) is 0 Å². The van der Waals surface area contributed by atoms with E-state index in [-0.39, 0.29) is 5.97 Å². The molecule has 0 bridgehead atoms. The number of rotatable bonds is 7. The molecule has 0 N–H and O–H groups in total. The Balaban J connectivity index is 1.73. The SMILES string of the molecule is COC(=O)c1cccc(C)c1OCC[N+]1(Cc2ccccc2)CCCCCC1. The first-order chi connectivity index (χ1) is 13.6. The zero-order valence-corrected chi connectivity index (χ0v) is 17.2. The molecule has 2 aromatic carbocycles. The maximum atomic E-state index is 12.1. The number of nitrogens with zero attached hydrogens (tertiary/aromatic N) is 1. The Morgan fingerprint density at radius 1 is 0.964 bits per heavy atom. The Morgan fingerprint density at radius 3 is 2.36 bits per heavy atom. The first-order valence-corrected chi connectivity index (χ1v) is 10.3. The molecule has 1 aliphatic heterocycles. The van der Waals surface area contributed by atoms with Crippen molar-refractivity contribution in [2.75, 3.05) is 33.4 Å². The Morgan fingerprint density at radius 2 is 1.68 bits per heavy atom. The van der Waals surface area contributed by atoms with Crippen molar-refractivity contribution < 1.29 is 18.8 Å². The maximum Gasteiger partial charge on any atom is 0.341 e. The molecule has 4 nitrogen and oxygen atoms in total. The quantitative estimate of drug-likeness (QED) is 0.512. The molecule has 2 aromatic rings. The fourth-order valence-electron chi connectivity index (χ4n) is 4.25. The number of likely N-dealkylation sites (tertiary alicyclic amines) is 1. The topological polar surface area (TPSA) is 35.5 Å². The number of ether oxygens (including phenoxy) is 2. The summed E-state index contributed by atoms with van der Waals surface area (Å²) in [6.07, 6.45) is 5.18. The number of hydrogen-bond donors (Lipinski definition) is 0. The highest BCUT2D eigenvalue weighted by Crippen LogP contribution is 2.26. The van der Waals surface area contributed by atoms with Crippen LogP contribution >= 0.6 is 0 Å². The van der Waals surface area contributed by atoms with Gasteiger partial charge in [-0.1, -0.05) is 42.5 Å². The standard InChI is InChI=1S/C24H32NO3/c1-20-11-10-14-22(24(26)27-2)23(20)28-18-17-25(15-8-3-4-9-16-25)19-21-12-6-5-7-13-21/h5-7,10-14H,3-4,8-9,15-19H2,1-2H3/q+1. The van der Waals surface area contributed by atoms with Crippen LogP contribution in [0.5, 0.6) is 5.75 Å². The lowest BCUT2D eigenvalue weighted by molar-refractivity contribution is -0.940. The summed E-state index contributed by atoms with van der Waals surface area (Å²) in [7, 11) is 1.41. The van der Waals surface area contributed by atoms with Crippen molar-refractivity contribution in [3.05, 3.63) is 65.2 Å². The average molecular weight is 383 g/mol. The molecule has 0 unspecified atom stereocenters. The molecule has 1 fully saturated rings. The number of hydrogen-bond acceptors (Lipinski definition) is 3. The van der Waals surface area contributed by atoms with Crippen molar-refractivity contribution in [1.82, 2.24) is 0 Å². The summed E-state index contributed by atoms with van der Waals surface area (Å²) in [6, 6.07) is 16.4. The number of esters is 1. The fraction of sp³-hybridized carbons (Fsp3) is 0.458. The van der Waals surface area contributed by atoms with E-state index in [1.54, 1.807) is 6.07 Å². The first-order valence-electron chi connectivity index (χ1n) is 10.3. The van der Waals surface area contributed by atoms with Crippen molar-refractivity contribution >= 4 is 5.97 Å². The molecule has 0 spiro atoms. The zero-order valence-electron chi connectivity index (χ0n) is 17.2. The van der Waals surface area contributed by atoms with Gasteiger partial charge in [0.05, 0.1) is 20.2 Å². The Hall–Kier alpha value is -2.33. The first kappa shape index (κ1) is 20.4. The predicted octanol–water partition coefficient (Wildman–Crippen LogP) is 4.75. The molecule has 0 aliphatic carbocycles. The lowest BCUT2D eigenvalue weighted by atomic mass is 10.1. The third kappa shape index (κ3) is 5.14. The Labute approximate surface area is 168 Å². The van der Waals surface area contributed by atoms with Gasteiger partial charge in [0.1, 0.15) is 31.0 Å². The molecule has 150 valence electrons. The van der Waals surface area contributed by atoms with E-state index in [0.29, 0.717) is 17.9 Å². The number of methoxy groups -OCH3 is 1. The number of carbonyl (C=O) groups excluding carboxylic acids is 1. The minimum Gasteiger partial charge on any atom is -0.487 e. The minimum atomic E-state index is -0.346. The van der Waals surface area contributed by atoms with Gasteiger partial charge in [-0.3, -0.25) is 0 Å². The van der Waals surface area contributed by atoms with Crippen LogP contribution in [0.4, 0.5) is 0 Å². The summed E-state index contributed by atoms with van der Waals surface area (Å²) >= 11 is 0. The van der Waals surface area contributed by atoms with Crippen LogP contribution in [-0.4, -0.2) is 43.8 Å². The molecule has 0 saturated carbocycles. The van der Waals surface area contributed by atoms with E-state index in [2.05, 4.69) is 30.3 Å². The van der Waals surface area contributed by atoms with Crippen LogP contribution in [0.3, 0.4) is 0 Å². The summed E-state index contributed by atoms with van der Waals surface area (Å²) in [6.45, 7) is 6.95. The molecular formula is C24H32NO3+. The molecule has 0 atom stereocenters. The fourth-order valence-corrected chi connectivity index (χ4v) is 4.25. The van der Waals surface area contributed by atoms with E-state index in [9.17, 15) is 4.79 Å². The van der Waals surface area contributed by atoms with Gasteiger partial charge in [-0.25, -0.2) is 4.79 Å². The van der Waals surface area contributed by atoms with Crippen LogP contribution in [-0.2, 0) is 11.3 Å². The molecule has 0 radical (unpaired) electrons. The van der Waals surface area contributed by atoms with E-state index in [0.717, 1.165) is 23.1 Å². The molecule has 1 heterocycles. The largest absolute Gasteiger partial charge is 0.487 e. The van der Waals surface area contributed by atoms with Crippen LogP contribution in [0.25, 0.3) is 0 Å². The number of aryl methyl sites for hydroxylation is 1. The number of benzene rings is 2. The van der Waals surface area contributed by atoms with Crippen LogP contribution in [0.15, 0.2) is 48.5 Å². The van der Waals surface area contributed by atoms with Crippen LogP contribution < -0.4 is 4.74 Å². The van der Waals surface area contributed by atoms with Crippen LogP contribution in [0, 0.1) is 6.92 Å². The molecule has 1 saturated heterocycles. The molecule has 0 amide bonds. The number of para-hydroxylation sites is 1. The summed E-state index contributed by atoms with van der Waals surface area (Å²) in [5.74, 6) is 0.309. The second-order valence-corrected chi connectivity index (χ2v) is 7.86. The molecular weight excluding hydrogens is 350 g/mol. The highest BCUT2D eigenvalue weighted by atomic mass is 16.5. The number of quaternary nitrogens is 1. The van der Waals surface area contributed by atoms with Crippen molar-refractivity contribution in [2.45, 2.75) is 39.2 Å². The molecule has 1 aliphatic rings. The molecule has 3 rings (SSSR count). The normalized spacial score (nSPS) is 16.2. The van der Waals surface area contributed by atoms with Crippen LogP contribution in [0.2, 0.25) is 0 Å². The Kier molecular flexibility index (Phi) is 7.10. The second-order valence-electron chi connectivity index (χ2n) is 7.86. The average Bonchev–Trinajstić information content (AvgIpc) is 2.95. The highest BCUT2D eigenvalue weighted by molar-refractivity contribution is 5.92. The van der Waals surface area contributed by atoms with Crippen molar-refractivity contribution in [2.24, 2.45) is 0 Å². The van der Waals surface area contributed by atoms with Gasteiger partial charge in [-0.15, -0.1) is 0 Å². The summed E-state index contributed by atoms with van der Waals surface area (Å²) < 4.78 is 12.2. The van der Waals surface area contributed by atoms with E-state index >= 15 is 0 Å². The summed E-state index contributed by atoms with van der Waals surface area (Å²) in [5, 5.41) is 0. The van der Waals surface area contributed by atoms with E-state index < -0.39 is 0 Å². The monoisotopic (exact) mass is 382 g/mol. The molecule has 0 aromatic heterocycles. The zero-order chi connectivity index (χ0) is 19.8. The summed E-state index contributed by atoms with van der Waals surface area (Å²) in [5.41, 5.74) is 2.86. The maximum absolute atomic E-state index is 12.1. The molecule has 28 heavy (non-hydrogen) atoms. The van der Waals surface area contributed by atoms with Crippen molar-refractivity contribution in [3.63, 3.8) is 0 Å². The lowest BCUT2D eigenvalue weighted by Gasteiger charge is -2.38. The van der Waals surface area contributed by atoms with Gasteiger partial charge in [0.25, 0.3) is 0 Å². The van der Waals surface area contributed by atoms with Gasteiger partial charge in [-0.05, 0) is 44.2 Å². The van der Waals surface area contributed by atoms with Crippen molar-refractivity contribution in [1.29, 1.82) is 0 Å². The van der Waals surface area contributed by atoms with Gasteiger partial charge in [0, 0.05) is 5.56 Å². The Bertz CT molecular complexity index is 765. The van der Waals surface area contributed by atoms with E-state index in [1.165, 1.54) is 51.4 Å². The third-order valence-corrected chi connectivity index (χ3v) is 5.80. The van der Waals surface area contributed by atoms with E-state index in [1.807, 2.05) is 19.1 Å². The third-order valence-electron chi connectivity index (χ3n) is 5.80. The van der Waals surface area contributed by atoms with Gasteiger partial charge >= 0.3 is 5.97 Å². The highest BCUT2D eigenvalue weighted by Gasteiger charge is 2.29. The van der Waals surface area contributed by atoms with Crippen molar-refractivity contribution in [3.8, 4) is 5.75 Å². The van der Waals surface area contributed by atoms with E-state index in [4.69, 9.17) is 9.47 Å². The van der Waals surface area contributed by atoms with Crippen LogP contribution in [0.1, 0.15) is 47.2 Å². The summed E-state index contributed by atoms with van der Waals surface area (Å²) in [4.78, 5) is 12.1. The van der Waals surface area contributed by atoms with Gasteiger partial charge in [0.2, 0.25) is 0 Å². The number of carbonyl (C=O) groups is 1. The molecule has 4 heteroatoms. The lowest BCUT2D eigenvalue weighted by Crippen LogP contribution is -2.50. The van der Waals surface area contributed by atoms with Gasteiger partial charge < -0.3 is 14.0 Å². The van der Waals surface area contributed by atoms with Gasteiger partial charge in [0.15, 0.2) is 0 Å². The second kappa shape index (κ2) is 9.74. The minimum absolute atomic E-state index is 0.346. The predicted molar refractivity (Wildman–Crippen MR) is 111 cm³/mol.